The molecule has 0 aliphatic heterocycles. The van der Waals surface area contributed by atoms with Gasteiger partial charge in [-0.25, -0.2) is 0 Å². The van der Waals surface area contributed by atoms with E-state index in [1.165, 1.54) is 6.92 Å². The number of rotatable bonds is 2. The third-order valence-corrected chi connectivity index (χ3v) is 0.575. The number of aliphatic hydroxyl groups is 1. The van der Waals surface area contributed by atoms with Crippen LogP contribution in [0.5, 0.6) is 0 Å². The van der Waals surface area contributed by atoms with Gasteiger partial charge < -0.3 is 5.11 Å². The summed E-state index contributed by atoms with van der Waals surface area (Å²) < 4.78 is 14.5. The minimum atomic E-state index is -1.44. The Balaban J connectivity index is 4.01. The van der Waals surface area contributed by atoms with Gasteiger partial charge >= 0.3 is 0 Å². The van der Waals surface area contributed by atoms with Gasteiger partial charge in [0.05, 0.1) is 6.10 Å². The van der Waals surface area contributed by atoms with Gasteiger partial charge in [0.2, 0.25) is 0 Å². The Hall–Kier alpha value is -0.0400. The molecule has 0 aliphatic carbocycles. The molecule has 7 heavy (non-hydrogen) atoms. The summed E-state index contributed by atoms with van der Waals surface area (Å²) >= 11 is 0. The normalized spacial score (nSPS) is 21.3. The van der Waals surface area contributed by atoms with Gasteiger partial charge in [-0.1, -0.05) is 13.8 Å². The van der Waals surface area contributed by atoms with E-state index in [1.807, 2.05) is 0 Å². The van der Waals surface area contributed by atoms with Crippen molar-refractivity contribution in [3.8, 4) is 0 Å². The Labute approximate surface area is 48.2 Å². The van der Waals surface area contributed by atoms with Gasteiger partial charge in [0.1, 0.15) is 0 Å². The second kappa shape index (κ2) is 3.03. The summed E-state index contributed by atoms with van der Waals surface area (Å²) in [5, 5.41) is 8.88. The number of aliphatic hydroxyl groups excluding tert-OH is 1. The molecule has 1 nitrogen and oxygen atoms in total. The van der Waals surface area contributed by atoms with Crippen molar-refractivity contribution >= 4 is 0 Å². The maximum absolute atomic E-state index is 8.88. The van der Waals surface area contributed by atoms with Gasteiger partial charge in [-0.15, -0.1) is 0 Å². The number of hydrogen-bond acceptors (Lipinski definition) is 1. The third-order valence-electron chi connectivity index (χ3n) is 0.575. The number of hydrogen-bond donors (Lipinski definition) is 1. The zero-order valence-electron chi connectivity index (χ0n) is 7.10. The van der Waals surface area contributed by atoms with Gasteiger partial charge in [0, 0.05) is 2.74 Å². The van der Waals surface area contributed by atoms with Gasteiger partial charge in [-0.05, 0) is 19.2 Å². The molecule has 1 heteroatoms. The fraction of sp³-hybridized carbons (Fsp3) is 1.00. The first-order valence-electron chi connectivity index (χ1n) is 3.57. The fourth-order valence-electron chi connectivity index (χ4n) is 0.482. The topological polar surface area (TPSA) is 20.2 Å². The average molecular weight is 104 g/mol. The summed E-state index contributed by atoms with van der Waals surface area (Å²) in [6, 6.07) is 0. The van der Waals surface area contributed by atoms with Crippen molar-refractivity contribution in [1.82, 2.24) is 0 Å². The molecule has 0 heterocycles. The summed E-state index contributed by atoms with van der Waals surface area (Å²) in [6.07, 6.45) is -2.32. The predicted octanol–water partition coefficient (Wildman–Crippen LogP) is 1.41. The molecule has 1 atom stereocenters. The van der Waals surface area contributed by atoms with Crippen LogP contribution in [-0.4, -0.2) is 11.2 Å². The van der Waals surface area contributed by atoms with E-state index in [4.69, 9.17) is 7.85 Å². The molecule has 1 unspecified atom stereocenters. The molecule has 0 aromatic carbocycles. The summed E-state index contributed by atoms with van der Waals surface area (Å²) in [5.41, 5.74) is 0. The van der Waals surface area contributed by atoms with E-state index in [2.05, 4.69) is 0 Å². The van der Waals surface area contributed by atoms with Crippen molar-refractivity contribution in [3.63, 3.8) is 0 Å². The molecule has 0 saturated heterocycles. The van der Waals surface area contributed by atoms with Crippen LogP contribution in [0.15, 0.2) is 0 Å². The Morgan fingerprint density at radius 2 is 2.00 bits per heavy atom. The minimum Gasteiger partial charge on any atom is -0.393 e. The zero-order chi connectivity index (χ0) is 7.65. The molecule has 0 amide bonds. The molecule has 0 spiro atoms. The van der Waals surface area contributed by atoms with Crippen molar-refractivity contribution in [2.24, 2.45) is 5.92 Å². The van der Waals surface area contributed by atoms with Crippen LogP contribution < -0.4 is 0 Å². The highest BCUT2D eigenvalue weighted by atomic mass is 16.3. The van der Waals surface area contributed by atoms with Crippen molar-refractivity contribution in [3.05, 3.63) is 0 Å². The summed E-state index contributed by atoms with van der Waals surface area (Å²) in [5.74, 6) is -0.127. The molecule has 0 aromatic heterocycles. The molecule has 44 valence electrons. The monoisotopic (exact) mass is 104 g/mol. The second-order valence-electron chi connectivity index (χ2n) is 2.00. The van der Waals surface area contributed by atoms with E-state index in [0.29, 0.717) is 0 Å². The molecule has 0 aliphatic rings. The quantitative estimate of drug-likeness (QED) is 0.561. The first-order chi connectivity index (χ1) is 3.89. The fourth-order valence-corrected chi connectivity index (χ4v) is 0.482. The Morgan fingerprint density at radius 3 is 2.00 bits per heavy atom. The molecule has 0 saturated carbocycles. The van der Waals surface area contributed by atoms with Crippen LogP contribution in [0.4, 0.5) is 0 Å². The second-order valence-corrected chi connectivity index (χ2v) is 2.00. The molecule has 0 radical (unpaired) electrons. The van der Waals surface area contributed by atoms with Crippen molar-refractivity contribution in [2.75, 3.05) is 0 Å². The van der Waals surface area contributed by atoms with E-state index in [1.54, 1.807) is 13.8 Å². The molecular weight excluding hydrogens is 88.1 g/mol. The lowest BCUT2D eigenvalue weighted by Crippen LogP contribution is -2.03. The maximum atomic E-state index is 8.88. The van der Waals surface area contributed by atoms with E-state index in [-0.39, 0.29) is 5.92 Å². The van der Waals surface area contributed by atoms with Crippen molar-refractivity contribution < 1.29 is 7.85 Å². The standard InChI is InChI=1S/C6H14O/c1-5(2)4-6(3)7/h5-7H,4H2,1-3H3/i4D2. The lowest BCUT2D eigenvalue weighted by Gasteiger charge is -2.04. The largest absolute Gasteiger partial charge is 0.393 e. The van der Waals surface area contributed by atoms with E-state index in [9.17, 15) is 0 Å². The summed E-state index contributed by atoms with van der Waals surface area (Å²) in [6.45, 7) is 4.99. The maximum Gasteiger partial charge on any atom is 0.0514 e. The van der Waals surface area contributed by atoms with E-state index in [0.717, 1.165) is 0 Å². The highest BCUT2D eigenvalue weighted by Gasteiger charge is 1.97. The Bertz CT molecular complexity index is 79.1. The molecule has 0 fully saturated rings. The molecule has 0 aromatic rings. The lowest BCUT2D eigenvalue weighted by atomic mass is 10.1. The first-order valence-corrected chi connectivity index (χ1v) is 2.57. The smallest absolute Gasteiger partial charge is 0.0514 e. The Kier molecular flexibility index (Phi) is 1.69. The van der Waals surface area contributed by atoms with Crippen LogP contribution in [0.25, 0.3) is 0 Å². The van der Waals surface area contributed by atoms with Crippen LogP contribution in [0, 0.1) is 5.92 Å². The van der Waals surface area contributed by atoms with Crippen LogP contribution in [0.3, 0.4) is 0 Å². The van der Waals surface area contributed by atoms with Crippen LogP contribution in [0.1, 0.15) is 29.9 Å². The lowest BCUT2D eigenvalue weighted by molar-refractivity contribution is 0.168. The highest BCUT2D eigenvalue weighted by molar-refractivity contribution is 4.49. The SMILES string of the molecule is [2H]C([2H])(C(C)C)C(C)O. The Morgan fingerprint density at radius 1 is 1.57 bits per heavy atom. The minimum absolute atomic E-state index is 0.127. The molecule has 0 rings (SSSR count). The molecule has 0 bridgehead atoms. The van der Waals surface area contributed by atoms with Crippen LogP contribution in [0.2, 0.25) is 0 Å². The van der Waals surface area contributed by atoms with Gasteiger partial charge in [0.15, 0.2) is 0 Å². The molecule has 1 N–H and O–H groups in total. The van der Waals surface area contributed by atoms with Gasteiger partial charge in [0.25, 0.3) is 0 Å². The van der Waals surface area contributed by atoms with Gasteiger partial charge in [-0.2, -0.15) is 0 Å². The first kappa shape index (κ1) is 3.90. The van der Waals surface area contributed by atoms with E-state index >= 15 is 0 Å². The summed E-state index contributed by atoms with van der Waals surface area (Å²) in [4.78, 5) is 0. The average Bonchev–Trinajstić information content (AvgIpc) is 1.65. The predicted molar refractivity (Wildman–Crippen MR) is 31.1 cm³/mol. The van der Waals surface area contributed by atoms with Crippen LogP contribution in [-0.2, 0) is 0 Å². The third kappa shape index (κ3) is 5.96. The highest BCUT2D eigenvalue weighted by Crippen LogP contribution is 2.01. The summed E-state index contributed by atoms with van der Waals surface area (Å²) in [7, 11) is 0. The molecular formula is C6H14O. The zero-order valence-corrected chi connectivity index (χ0v) is 5.10. The van der Waals surface area contributed by atoms with E-state index < -0.39 is 12.5 Å². The van der Waals surface area contributed by atoms with Crippen molar-refractivity contribution in [1.29, 1.82) is 0 Å². The van der Waals surface area contributed by atoms with Crippen LogP contribution >= 0.6 is 0 Å². The van der Waals surface area contributed by atoms with Gasteiger partial charge in [-0.3, -0.25) is 0 Å². The van der Waals surface area contributed by atoms with Crippen molar-refractivity contribution in [2.45, 2.75) is 33.2 Å².